The van der Waals surface area contributed by atoms with Crippen LogP contribution < -0.4 is 16.1 Å². The quantitative estimate of drug-likeness (QED) is 0.452. The fraction of sp³-hybridized carbons (Fsp3) is 0.167. The highest BCUT2D eigenvalue weighted by Gasteiger charge is 2.00. The largest absolute Gasteiger partial charge is 0.331 e. The summed E-state index contributed by atoms with van der Waals surface area (Å²) >= 11 is 5.23. The van der Waals surface area contributed by atoms with Crippen LogP contribution in [0.5, 0.6) is 0 Å². The Kier molecular flexibility index (Phi) is 6.03. The molecule has 0 aliphatic carbocycles. The van der Waals surface area contributed by atoms with Crippen molar-refractivity contribution in [3.8, 4) is 0 Å². The maximum Gasteiger partial charge on any atom is 0.221 e. The SMILES string of the molecule is CC(=O)Nc1ccc(C=NNC(=S)Nc2ccc(C)cc2C)cc1. The molecule has 2 aromatic rings. The van der Waals surface area contributed by atoms with Crippen LogP contribution in [0.2, 0.25) is 0 Å². The summed E-state index contributed by atoms with van der Waals surface area (Å²) < 4.78 is 0. The van der Waals surface area contributed by atoms with Crippen molar-refractivity contribution in [2.75, 3.05) is 10.6 Å². The van der Waals surface area contributed by atoms with Crippen LogP contribution in [0.4, 0.5) is 11.4 Å². The number of aryl methyl sites for hydroxylation is 2. The van der Waals surface area contributed by atoms with E-state index in [0.29, 0.717) is 5.11 Å². The molecule has 5 nitrogen and oxygen atoms in total. The van der Waals surface area contributed by atoms with Gasteiger partial charge in [0, 0.05) is 18.3 Å². The van der Waals surface area contributed by atoms with Gasteiger partial charge in [0.05, 0.1) is 6.21 Å². The maximum atomic E-state index is 11.0. The van der Waals surface area contributed by atoms with Gasteiger partial charge >= 0.3 is 0 Å². The molecule has 0 saturated heterocycles. The van der Waals surface area contributed by atoms with E-state index in [0.717, 1.165) is 22.5 Å². The summed E-state index contributed by atoms with van der Waals surface area (Å²) in [7, 11) is 0. The Morgan fingerprint density at radius 2 is 1.79 bits per heavy atom. The van der Waals surface area contributed by atoms with Crippen LogP contribution in [0.3, 0.4) is 0 Å². The fourth-order valence-corrected chi connectivity index (χ4v) is 2.29. The van der Waals surface area contributed by atoms with Gasteiger partial charge in [-0.3, -0.25) is 10.2 Å². The van der Waals surface area contributed by atoms with E-state index < -0.39 is 0 Å². The molecule has 0 saturated carbocycles. The number of hydrogen-bond acceptors (Lipinski definition) is 3. The summed E-state index contributed by atoms with van der Waals surface area (Å²) in [5, 5.41) is 10.4. The Bertz CT molecular complexity index is 769. The first-order valence-corrected chi connectivity index (χ1v) is 7.90. The molecule has 0 unspecified atom stereocenters. The molecule has 0 aromatic heterocycles. The first-order valence-electron chi connectivity index (χ1n) is 7.49. The monoisotopic (exact) mass is 340 g/mol. The van der Waals surface area contributed by atoms with Crippen molar-refractivity contribution in [3.63, 3.8) is 0 Å². The van der Waals surface area contributed by atoms with E-state index >= 15 is 0 Å². The van der Waals surface area contributed by atoms with Crippen LogP contribution in [-0.2, 0) is 4.79 Å². The number of amides is 1. The molecular weight excluding hydrogens is 320 g/mol. The van der Waals surface area contributed by atoms with Gasteiger partial charge in [0.1, 0.15) is 0 Å². The highest BCUT2D eigenvalue weighted by atomic mass is 32.1. The predicted molar refractivity (Wildman–Crippen MR) is 104 cm³/mol. The summed E-state index contributed by atoms with van der Waals surface area (Å²) in [6.07, 6.45) is 1.66. The van der Waals surface area contributed by atoms with Crippen molar-refractivity contribution >= 4 is 40.8 Å². The zero-order valence-electron chi connectivity index (χ0n) is 13.9. The van der Waals surface area contributed by atoms with E-state index in [-0.39, 0.29) is 5.91 Å². The fourth-order valence-electron chi connectivity index (χ4n) is 2.13. The lowest BCUT2D eigenvalue weighted by Crippen LogP contribution is -2.24. The van der Waals surface area contributed by atoms with Crippen molar-refractivity contribution in [2.24, 2.45) is 5.10 Å². The van der Waals surface area contributed by atoms with Crippen LogP contribution in [0.15, 0.2) is 47.6 Å². The second-order valence-electron chi connectivity index (χ2n) is 5.45. The Balaban J connectivity index is 1.88. The van der Waals surface area contributed by atoms with Gasteiger partial charge in [-0.1, -0.05) is 29.8 Å². The van der Waals surface area contributed by atoms with E-state index in [9.17, 15) is 4.79 Å². The first kappa shape index (κ1) is 17.6. The van der Waals surface area contributed by atoms with E-state index in [1.165, 1.54) is 12.5 Å². The lowest BCUT2D eigenvalue weighted by Gasteiger charge is -2.10. The molecule has 0 radical (unpaired) electrons. The van der Waals surface area contributed by atoms with Gasteiger partial charge in [0.25, 0.3) is 0 Å². The maximum absolute atomic E-state index is 11.0. The molecule has 1 amide bonds. The Morgan fingerprint density at radius 3 is 2.42 bits per heavy atom. The Labute approximate surface area is 147 Å². The molecule has 0 aliphatic rings. The Morgan fingerprint density at radius 1 is 1.08 bits per heavy atom. The van der Waals surface area contributed by atoms with Gasteiger partial charge in [0.15, 0.2) is 5.11 Å². The number of carbonyl (C=O) groups is 1. The number of thiocarbonyl (C=S) groups is 1. The van der Waals surface area contributed by atoms with Crippen LogP contribution in [0.1, 0.15) is 23.6 Å². The third-order valence-corrected chi connectivity index (χ3v) is 3.43. The summed E-state index contributed by atoms with van der Waals surface area (Å²) in [4.78, 5) is 11.0. The topological polar surface area (TPSA) is 65.5 Å². The molecule has 2 aromatic carbocycles. The lowest BCUT2D eigenvalue weighted by molar-refractivity contribution is -0.114. The third kappa shape index (κ3) is 5.48. The Hall–Kier alpha value is -2.73. The standard InChI is InChI=1S/C18H20N4OS/c1-12-4-9-17(13(2)10-12)21-18(24)22-19-11-15-5-7-16(8-6-15)20-14(3)23/h4-11H,1-3H3,(H,20,23)(H2,21,22,24). The molecule has 3 N–H and O–H groups in total. The van der Waals surface area contributed by atoms with Crippen LogP contribution in [0, 0.1) is 13.8 Å². The van der Waals surface area contributed by atoms with Crippen molar-refractivity contribution in [1.29, 1.82) is 0 Å². The van der Waals surface area contributed by atoms with E-state index in [2.05, 4.69) is 34.2 Å². The number of benzene rings is 2. The third-order valence-electron chi connectivity index (χ3n) is 3.24. The van der Waals surface area contributed by atoms with E-state index in [1.54, 1.807) is 6.21 Å². The average Bonchev–Trinajstić information content (AvgIpc) is 2.51. The summed E-state index contributed by atoms with van der Waals surface area (Å²) in [6, 6.07) is 13.4. The number of hydrazone groups is 1. The molecule has 0 fully saturated rings. The smallest absolute Gasteiger partial charge is 0.221 e. The highest BCUT2D eigenvalue weighted by Crippen LogP contribution is 2.15. The second-order valence-corrected chi connectivity index (χ2v) is 5.85. The van der Waals surface area contributed by atoms with Gasteiger partial charge in [-0.25, -0.2) is 0 Å². The van der Waals surface area contributed by atoms with Crippen LogP contribution in [-0.4, -0.2) is 17.2 Å². The highest BCUT2D eigenvalue weighted by molar-refractivity contribution is 7.80. The van der Waals surface area contributed by atoms with Crippen molar-refractivity contribution < 1.29 is 4.79 Å². The lowest BCUT2D eigenvalue weighted by atomic mass is 10.1. The van der Waals surface area contributed by atoms with Crippen molar-refractivity contribution in [1.82, 2.24) is 5.43 Å². The molecule has 0 heterocycles. The van der Waals surface area contributed by atoms with Crippen molar-refractivity contribution in [2.45, 2.75) is 20.8 Å². The van der Waals surface area contributed by atoms with Crippen LogP contribution >= 0.6 is 12.2 Å². The molecule has 0 spiro atoms. The molecule has 0 atom stereocenters. The molecule has 0 aliphatic heterocycles. The van der Waals surface area contributed by atoms with Gasteiger partial charge in [-0.15, -0.1) is 0 Å². The minimum atomic E-state index is -0.0964. The van der Waals surface area contributed by atoms with Gasteiger partial charge in [-0.05, 0) is 55.4 Å². The summed E-state index contributed by atoms with van der Waals surface area (Å²) in [6.45, 7) is 5.55. The summed E-state index contributed by atoms with van der Waals surface area (Å²) in [5.41, 5.74) is 7.71. The van der Waals surface area contributed by atoms with Gasteiger partial charge in [-0.2, -0.15) is 5.10 Å². The van der Waals surface area contributed by atoms with E-state index in [1.807, 2.05) is 43.3 Å². The minimum Gasteiger partial charge on any atom is -0.331 e. The number of anilines is 2. The number of hydrogen-bond donors (Lipinski definition) is 3. The second kappa shape index (κ2) is 8.21. The molecule has 2 rings (SSSR count). The molecule has 124 valence electrons. The molecule has 0 bridgehead atoms. The normalized spacial score (nSPS) is 10.5. The minimum absolute atomic E-state index is 0.0964. The van der Waals surface area contributed by atoms with Crippen molar-refractivity contribution in [3.05, 3.63) is 59.2 Å². The van der Waals surface area contributed by atoms with Gasteiger partial charge in [0.2, 0.25) is 5.91 Å². The summed E-state index contributed by atoms with van der Waals surface area (Å²) in [5.74, 6) is -0.0964. The first-order chi connectivity index (χ1) is 11.4. The zero-order valence-corrected chi connectivity index (χ0v) is 14.7. The molecule has 6 heteroatoms. The van der Waals surface area contributed by atoms with Gasteiger partial charge < -0.3 is 10.6 Å². The molecule has 24 heavy (non-hydrogen) atoms. The van der Waals surface area contributed by atoms with Crippen LogP contribution in [0.25, 0.3) is 0 Å². The number of carbonyl (C=O) groups excluding carboxylic acids is 1. The predicted octanol–water partition coefficient (Wildman–Crippen LogP) is 3.58. The number of rotatable bonds is 4. The molecular formula is C18H20N4OS. The average molecular weight is 340 g/mol. The number of nitrogens with one attached hydrogen (secondary N) is 3. The van der Waals surface area contributed by atoms with E-state index in [4.69, 9.17) is 12.2 Å². The number of nitrogens with zero attached hydrogens (tertiary/aromatic N) is 1. The zero-order chi connectivity index (χ0) is 17.5.